The maximum absolute atomic E-state index is 9.02. The molecule has 0 aromatic carbocycles. The summed E-state index contributed by atoms with van der Waals surface area (Å²) in [4.78, 5) is 8.33. The number of hydrogen-bond acceptors (Lipinski definition) is 4. The second-order valence-electron chi connectivity index (χ2n) is 4.02. The van der Waals surface area contributed by atoms with Gasteiger partial charge in [-0.3, -0.25) is 0 Å². The highest BCUT2D eigenvalue weighted by atomic mass is 35.5. The van der Waals surface area contributed by atoms with Crippen molar-refractivity contribution in [3.8, 4) is 6.07 Å². The molecule has 0 spiro atoms. The lowest BCUT2D eigenvalue weighted by Gasteiger charge is -2.09. The minimum atomic E-state index is 0.245. The molecule has 1 N–H and O–H groups in total. The van der Waals surface area contributed by atoms with Crippen LogP contribution in [0, 0.1) is 11.3 Å². The van der Waals surface area contributed by atoms with Gasteiger partial charge in [-0.1, -0.05) is 6.08 Å². The summed E-state index contributed by atoms with van der Waals surface area (Å²) in [6.45, 7) is 0. The number of halogens is 1. The molecule has 0 atom stereocenters. The monoisotopic (exact) mass is 232 g/mol. The molecule has 16 heavy (non-hydrogen) atoms. The lowest BCUT2D eigenvalue weighted by Crippen LogP contribution is -2.08. The van der Waals surface area contributed by atoms with Crippen LogP contribution in [0.5, 0.6) is 0 Å². The molecule has 3 rings (SSSR count). The van der Waals surface area contributed by atoms with E-state index in [-0.39, 0.29) is 5.28 Å². The van der Waals surface area contributed by atoms with Crippen molar-refractivity contribution < 1.29 is 0 Å². The van der Waals surface area contributed by atoms with E-state index in [0.29, 0.717) is 23.9 Å². The number of hydrogen-bond donors (Lipinski definition) is 1. The van der Waals surface area contributed by atoms with E-state index in [1.54, 1.807) is 0 Å². The molecule has 1 saturated carbocycles. The van der Waals surface area contributed by atoms with Gasteiger partial charge in [0.15, 0.2) is 0 Å². The van der Waals surface area contributed by atoms with Gasteiger partial charge in [0, 0.05) is 12.5 Å². The van der Waals surface area contributed by atoms with Gasteiger partial charge in [0.1, 0.15) is 5.82 Å². The number of fused-ring (bicyclic) bond motifs is 1. The van der Waals surface area contributed by atoms with E-state index in [0.717, 1.165) is 24.1 Å². The second-order valence-corrected chi connectivity index (χ2v) is 4.35. The average molecular weight is 233 g/mol. The van der Waals surface area contributed by atoms with Crippen molar-refractivity contribution in [1.82, 2.24) is 9.97 Å². The third-order valence-corrected chi connectivity index (χ3v) is 2.93. The highest BCUT2D eigenvalue weighted by Crippen LogP contribution is 2.34. The molecule has 80 valence electrons. The molecule has 0 bridgehead atoms. The molecule has 0 aliphatic heterocycles. The minimum absolute atomic E-state index is 0.245. The molecular formula is C11H9ClN4. The molecular weight excluding hydrogens is 224 g/mol. The van der Waals surface area contributed by atoms with Crippen LogP contribution in [0.15, 0.2) is 6.08 Å². The van der Waals surface area contributed by atoms with Crippen LogP contribution >= 0.6 is 11.6 Å². The smallest absolute Gasteiger partial charge is 0.224 e. The molecule has 1 fully saturated rings. The van der Waals surface area contributed by atoms with Gasteiger partial charge in [-0.15, -0.1) is 0 Å². The molecule has 4 nitrogen and oxygen atoms in total. The third-order valence-electron chi connectivity index (χ3n) is 2.76. The van der Waals surface area contributed by atoms with E-state index >= 15 is 0 Å². The minimum Gasteiger partial charge on any atom is -0.367 e. The summed E-state index contributed by atoms with van der Waals surface area (Å²) in [6.07, 6.45) is 4.84. The Labute approximate surface area is 98.0 Å². The van der Waals surface area contributed by atoms with Crippen LogP contribution < -0.4 is 5.32 Å². The lowest BCUT2D eigenvalue weighted by molar-refractivity contribution is 1.03. The van der Waals surface area contributed by atoms with Crippen molar-refractivity contribution in [2.24, 2.45) is 0 Å². The van der Waals surface area contributed by atoms with E-state index in [1.807, 2.05) is 6.08 Å². The first-order valence-corrected chi connectivity index (χ1v) is 5.59. The fourth-order valence-electron chi connectivity index (χ4n) is 1.84. The van der Waals surface area contributed by atoms with Crippen LogP contribution in [-0.2, 0) is 6.42 Å². The Hall–Kier alpha value is -1.60. The van der Waals surface area contributed by atoms with Gasteiger partial charge in [0.2, 0.25) is 5.28 Å². The molecule has 0 amide bonds. The molecule has 1 aromatic heterocycles. The van der Waals surface area contributed by atoms with Gasteiger partial charge < -0.3 is 5.32 Å². The van der Waals surface area contributed by atoms with E-state index in [2.05, 4.69) is 21.4 Å². The zero-order valence-corrected chi connectivity index (χ0v) is 9.25. The van der Waals surface area contributed by atoms with Crippen molar-refractivity contribution in [3.63, 3.8) is 0 Å². The maximum atomic E-state index is 9.02. The van der Waals surface area contributed by atoms with Crippen LogP contribution in [0.4, 0.5) is 5.82 Å². The predicted molar refractivity (Wildman–Crippen MR) is 61.0 cm³/mol. The Kier molecular flexibility index (Phi) is 2.08. The first-order chi connectivity index (χ1) is 7.78. The summed E-state index contributed by atoms with van der Waals surface area (Å²) >= 11 is 5.86. The zero-order chi connectivity index (χ0) is 11.1. The largest absolute Gasteiger partial charge is 0.367 e. The molecule has 2 aliphatic carbocycles. The summed E-state index contributed by atoms with van der Waals surface area (Å²) < 4.78 is 0. The lowest BCUT2D eigenvalue weighted by atomic mass is 10.1. The number of anilines is 1. The summed E-state index contributed by atoms with van der Waals surface area (Å²) in [5, 5.41) is 12.6. The summed E-state index contributed by atoms with van der Waals surface area (Å²) in [5.41, 5.74) is 2.33. The number of nitrogens with one attached hydrogen (secondary N) is 1. The van der Waals surface area contributed by atoms with Crippen molar-refractivity contribution in [3.05, 3.63) is 22.6 Å². The van der Waals surface area contributed by atoms with Gasteiger partial charge in [-0.25, -0.2) is 9.97 Å². The average Bonchev–Trinajstić information content (AvgIpc) is 2.96. The molecule has 0 unspecified atom stereocenters. The van der Waals surface area contributed by atoms with Gasteiger partial charge in [0.05, 0.1) is 22.9 Å². The summed E-state index contributed by atoms with van der Waals surface area (Å²) in [6, 6.07) is 2.65. The molecule has 1 heterocycles. The van der Waals surface area contributed by atoms with Crippen molar-refractivity contribution in [2.75, 3.05) is 5.32 Å². The third kappa shape index (κ3) is 1.54. The van der Waals surface area contributed by atoms with E-state index in [9.17, 15) is 0 Å². The van der Waals surface area contributed by atoms with E-state index in [1.165, 1.54) is 0 Å². The quantitative estimate of drug-likeness (QED) is 0.794. The topological polar surface area (TPSA) is 61.6 Å². The molecule has 1 aromatic rings. The van der Waals surface area contributed by atoms with E-state index in [4.69, 9.17) is 16.9 Å². The van der Waals surface area contributed by atoms with Crippen LogP contribution in [0.3, 0.4) is 0 Å². The normalized spacial score (nSPS) is 17.6. The molecule has 2 aliphatic rings. The first-order valence-electron chi connectivity index (χ1n) is 5.21. The summed E-state index contributed by atoms with van der Waals surface area (Å²) in [5.74, 6) is 0.711. The Morgan fingerprint density at radius 2 is 2.25 bits per heavy atom. The fourth-order valence-corrected chi connectivity index (χ4v) is 2.02. The zero-order valence-electron chi connectivity index (χ0n) is 8.50. The standard InChI is InChI=1S/C11H9ClN4/c12-11-15-8-4-1-6(5-13)9(8)10(16-11)14-7-2-3-7/h1,7H,2-4H2,(H,14,15,16). The second kappa shape index (κ2) is 3.46. The predicted octanol–water partition coefficient (Wildman–Crippen LogP) is 2.17. The van der Waals surface area contributed by atoms with Crippen molar-refractivity contribution in [1.29, 1.82) is 5.26 Å². The van der Waals surface area contributed by atoms with Gasteiger partial charge in [-0.05, 0) is 24.4 Å². The van der Waals surface area contributed by atoms with Crippen LogP contribution in [0.2, 0.25) is 5.28 Å². The maximum Gasteiger partial charge on any atom is 0.224 e. The number of nitriles is 1. The SMILES string of the molecule is N#CC1=CCc2nc(Cl)nc(NC3CC3)c21. The van der Waals surface area contributed by atoms with Gasteiger partial charge in [-0.2, -0.15) is 5.26 Å². The Morgan fingerprint density at radius 3 is 2.94 bits per heavy atom. The molecule has 5 heteroatoms. The Balaban J connectivity index is 2.08. The number of rotatable bonds is 2. The number of allylic oxidation sites excluding steroid dienone is 2. The van der Waals surface area contributed by atoms with Crippen molar-refractivity contribution in [2.45, 2.75) is 25.3 Å². The first kappa shape index (κ1) is 9.61. The van der Waals surface area contributed by atoms with Gasteiger partial charge >= 0.3 is 0 Å². The Bertz CT molecular complexity index is 526. The Morgan fingerprint density at radius 1 is 1.44 bits per heavy atom. The van der Waals surface area contributed by atoms with E-state index < -0.39 is 0 Å². The number of aromatic nitrogens is 2. The molecule has 0 saturated heterocycles. The van der Waals surface area contributed by atoms with Gasteiger partial charge in [0.25, 0.3) is 0 Å². The summed E-state index contributed by atoms with van der Waals surface area (Å²) in [7, 11) is 0. The van der Waals surface area contributed by atoms with Crippen LogP contribution in [0.1, 0.15) is 24.1 Å². The fraction of sp³-hybridized carbons (Fsp3) is 0.364. The number of nitrogens with zero attached hydrogens (tertiary/aromatic N) is 3. The highest BCUT2D eigenvalue weighted by molar-refractivity contribution is 6.28. The van der Waals surface area contributed by atoms with Crippen LogP contribution in [0.25, 0.3) is 5.57 Å². The molecule has 0 radical (unpaired) electrons. The highest BCUT2D eigenvalue weighted by Gasteiger charge is 2.27. The van der Waals surface area contributed by atoms with Crippen LogP contribution in [-0.4, -0.2) is 16.0 Å². The van der Waals surface area contributed by atoms with Crippen molar-refractivity contribution >= 4 is 23.0 Å².